The fourth-order valence-corrected chi connectivity index (χ4v) is 2.35. The van der Waals surface area contributed by atoms with Gasteiger partial charge in [-0.1, -0.05) is 0 Å². The molecule has 0 saturated heterocycles. The van der Waals surface area contributed by atoms with Crippen molar-refractivity contribution in [3.05, 3.63) is 4.91 Å². The molecular weight excluding hydrogens is 768 g/mol. The number of halogens is 30. The molecule has 0 heterocycles. The normalized spacial score (nSPS) is 17.0. The first kappa shape index (κ1) is 43.5. The van der Waals surface area contributed by atoms with Crippen LogP contribution in [0.5, 0.6) is 0 Å². The predicted octanol–water partition coefficient (Wildman–Crippen LogP) is 9.43. The lowest BCUT2D eigenvalue weighted by Gasteiger charge is -2.40. The Kier molecular flexibility index (Phi) is 9.69. The Morgan fingerprint density at radius 3 is 0.500 bits per heavy atom. The summed E-state index contributed by atoms with van der Waals surface area (Å²) in [6, 6.07) is -18.8. The largest absolute Gasteiger partial charge is 0.579 e. The molecule has 276 valence electrons. The number of nitroso groups, excluding NO2 is 1. The van der Waals surface area contributed by atoms with Crippen molar-refractivity contribution in [1.82, 2.24) is 0 Å². The Hall–Kier alpha value is -2.50. The van der Waals surface area contributed by atoms with Crippen LogP contribution in [0.3, 0.4) is 0 Å². The van der Waals surface area contributed by atoms with Crippen LogP contribution in [0.2, 0.25) is 0 Å². The van der Waals surface area contributed by atoms with Gasteiger partial charge in [-0.25, -0.2) is 0 Å². The molecule has 0 spiro atoms. The van der Waals surface area contributed by atoms with Gasteiger partial charge in [-0.3, -0.25) is 0 Å². The number of alkyl halides is 30. The lowest BCUT2D eigenvalue weighted by Crippen LogP contribution is -2.77. The number of hydrogen-bond donors (Lipinski definition) is 0. The van der Waals surface area contributed by atoms with Crippen LogP contribution in [0.25, 0.3) is 0 Å². The average Bonchev–Trinajstić information content (AvgIpc) is 2.80. The first-order valence-electron chi connectivity index (χ1n) is 9.30. The molecule has 0 bridgehead atoms. The molecule has 0 fully saturated rings. The second-order valence-corrected chi connectivity index (χ2v) is 8.12. The number of rotatable bonds is 12. The molecule has 0 aliphatic carbocycles. The summed E-state index contributed by atoms with van der Waals surface area (Å²) < 4.78 is 384. The van der Waals surface area contributed by atoms with E-state index in [9.17, 15) is 137 Å². The van der Waals surface area contributed by atoms with Gasteiger partial charge >= 0.3 is 83.7 Å². The monoisotopic (exact) mass is 768 g/mol. The van der Waals surface area contributed by atoms with E-state index in [2.05, 4.69) is 0 Å². The summed E-state index contributed by atoms with van der Waals surface area (Å²) in [5.41, 5.74) is 0. The van der Waals surface area contributed by atoms with E-state index in [1.165, 1.54) is 0 Å². The molecule has 0 rings (SSSR count). The van der Waals surface area contributed by atoms with Crippen LogP contribution >= 0.6 is 0 Å². The van der Waals surface area contributed by atoms with Crippen LogP contribution < -0.4 is 0 Å². The van der Waals surface area contributed by atoms with Crippen molar-refractivity contribution in [2.75, 3.05) is 0 Å². The van der Waals surface area contributed by atoms with Gasteiger partial charge in [0.05, 0.1) is 0 Å². The van der Waals surface area contributed by atoms with Crippen LogP contribution in [-0.2, 0) is 0 Å². The summed E-state index contributed by atoms with van der Waals surface area (Å²) in [5.74, 6) is -93.3. The van der Waals surface area contributed by atoms with Crippen LogP contribution in [0.1, 0.15) is 0 Å². The standard InChI is InChI=1S/C14F30NO/c15-1(16,3(19,20)7(27,28)11(35,36)37)5(23,24)9(31,32)13(41,42)45(46)14(43,44)10(33,34)6(25,26)2(17,18)4(21,22)8(29,30)12(38,39)40/q+1. The molecule has 0 aromatic carbocycles. The number of nitrogens with zero attached hydrogens (tertiary/aromatic N) is 1. The van der Waals surface area contributed by atoms with Crippen LogP contribution in [0.15, 0.2) is 0 Å². The fourth-order valence-electron chi connectivity index (χ4n) is 2.35. The zero-order valence-electron chi connectivity index (χ0n) is 19.2. The minimum Gasteiger partial charge on any atom is -0.192 e. The highest BCUT2D eigenvalue weighted by molar-refractivity contribution is 5.14. The first-order chi connectivity index (χ1) is 19.2. The summed E-state index contributed by atoms with van der Waals surface area (Å²) in [6.07, 6.45) is -16.5. The molecule has 0 radical (unpaired) electrons. The van der Waals surface area contributed by atoms with Crippen molar-refractivity contribution in [2.24, 2.45) is 0 Å². The zero-order chi connectivity index (χ0) is 38.6. The van der Waals surface area contributed by atoms with Crippen molar-refractivity contribution in [3.8, 4) is 0 Å². The molecule has 0 N–H and O–H groups in total. The minimum absolute atomic E-state index is 5.56. The molecule has 46 heavy (non-hydrogen) atoms. The Morgan fingerprint density at radius 2 is 0.348 bits per heavy atom. The first-order valence-corrected chi connectivity index (χ1v) is 9.30. The minimum atomic E-state index is -9.61. The third-order valence-electron chi connectivity index (χ3n) is 5.13. The molecule has 0 aliphatic heterocycles. The maximum absolute atomic E-state index is 13.6. The van der Waals surface area contributed by atoms with Gasteiger partial charge < -0.3 is 0 Å². The smallest absolute Gasteiger partial charge is 0.192 e. The quantitative estimate of drug-likeness (QED) is 0.110. The average molecular weight is 768 g/mol. The van der Waals surface area contributed by atoms with Crippen molar-refractivity contribution < 1.29 is 136 Å². The summed E-state index contributed by atoms with van der Waals surface area (Å²) >= 11 is 0. The van der Waals surface area contributed by atoms with E-state index < -0.39 is 88.4 Å². The van der Waals surface area contributed by atoms with Gasteiger partial charge in [-0.05, 0) is 0 Å². The summed E-state index contributed by atoms with van der Waals surface area (Å²) in [6.45, 7) is 0. The molecule has 0 saturated carbocycles. The molecular formula is C14F30NO+. The maximum atomic E-state index is 13.6. The Balaban J connectivity index is 7.40. The van der Waals surface area contributed by atoms with E-state index in [-0.39, 0.29) is 0 Å². The zero-order valence-corrected chi connectivity index (χ0v) is 19.2. The van der Waals surface area contributed by atoms with Crippen molar-refractivity contribution in [1.29, 1.82) is 0 Å². The highest BCUT2D eigenvalue weighted by Gasteiger charge is 3.01. The highest BCUT2D eigenvalue weighted by atomic mass is 19.4. The Bertz CT molecular complexity index is 1060. The third-order valence-corrected chi connectivity index (χ3v) is 5.13. The molecule has 32 heteroatoms. The second kappa shape index (κ2) is 10.3. The van der Waals surface area contributed by atoms with Crippen molar-refractivity contribution >= 4 is 0 Å². The van der Waals surface area contributed by atoms with Crippen LogP contribution in [0, 0.1) is 4.91 Å². The molecule has 0 amide bonds. The van der Waals surface area contributed by atoms with E-state index >= 15 is 0 Å². The highest BCUT2D eigenvalue weighted by Crippen LogP contribution is 2.65. The van der Waals surface area contributed by atoms with E-state index in [0.717, 1.165) is 0 Å². The van der Waals surface area contributed by atoms with E-state index in [1.54, 1.807) is 0 Å². The summed E-state index contributed by atoms with van der Waals surface area (Å²) in [7, 11) is 0. The van der Waals surface area contributed by atoms with Crippen LogP contribution in [-0.4, -0.2) is 88.4 Å². The number of hydrogen-bond acceptors (Lipinski definition) is 1. The van der Waals surface area contributed by atoms with Gasteiger partial charge in [0.25, 0.3) is 0 Å². The SMILES string of the molecule is O=[N+](C(F)(F)C(F)(F)C(F)(F)C(F)(F)C(F)(F)C(F)(F)C(F)(F)F)C(F)(F)C(F)(F)C(F)(F)C(F)(F)C(F)(F)C(F)(F)C(F)(F)F. The Labute approximate surface area is 226 Å². The fraction of sp³-hybridized carbons (Fsp3) is 1.00. The van der Waals surface area contributed by atoms with Crippen molar-refractivity contribution in [3.63, 3.8) is 0 Å². The Morgan fingerprint density at radius 1 is 0.217 bits per heavy atom. The van der Waals surface area contributed by atoms with Gasteiger partial charge in [-0.2, -0.15) is 114 Å². The van der Waals surface area contributed by atoms with Gasteiger partial charge in [-0.15, -0.1) is 17.6 Å². The van der Waals surface area contributed by atoms with Crippen LogP contribution in [0.4, 0.5) is 132 Å². The van der Waals surface area contributed by atoms with E-state index in [0.29, 0.717) is 0 Å². The lowest BCUT2D eigenvalue weighted by atomic mass is 9.91. The molecule has 0 aromatic heterocycles. The molecule has 0 atom stereocenters. The predicted molar refractivity (Wildman–Crippen MR) is 75.1 cm³/mol. The van der Waals surface area contributed by atoms with Gasteiger partial charge in [0, 0.05) is 4.91 Å². The lowest BCUT2D eigenvalue weighted by molar-refractivity contribution is -0.833. The maximum Gasteiger partial charge on any atom is 0.579 e. The van der Waals surface area contributed by atoms with Gasteiger partial charge in [0.2, 0.25) is 0 Å². The van der Waals surface area contributed by atoms with Crippen molar-refractivity contribution in [2.45, 2.75) is 83.7 Å². The molecule has 0 unspecified atom stereocenters. The second-order valence-electron chi connectivity index (χ2n) is 8.12. The van der Waals surface area contributed by atoms with E-state index in [4.69, 9.17) is 0 Å². The molecule has 0 aliphatic rings. The van der Waals surface area contributed by atoms with Gasteiger partial charge in [0.1, 0.15) is 0 Å². The third kappa shape index (κ3) is 4.93. The van der Waals surface area contributed by atoms with E-state index in [1.807, 2.05) is 0 Å². The molecule has 2 nitrogen and oxygen atoms in total. The summed E-state index contributed by atoms with van der Waals surface area (Å²) in [5, 5.41) is 0. The summed E-state index contributed by atoms with van der Waals surface area (Å²) in [4.78, 5) is 10.8. The van der Waals surface area contributed by atoms with Gasteiger partial charge in [0.15, 0.2) is 4.76 Å². The molecule has 0 aromatic rings. The topological polar surface area (TPSA) is 20.1 Å².